The molecule has 2 rings (SSSR count). The van der Waals surface area contributed by atoms with Gasteiger partial charge in [-0.25, -0.2) is 0 Å². The van der Waals surface area contributed by atoms with Crippen LogP contribution in [0.15, 0.2) is 35.3 Å². The molecule has 1 aliphatic heterocycles. The Balaban J connectivity index is 2.01. The van der Waals surface area contributed by atoms with Crippen LogP contribution in [0.3, 0.4) is 0 Å². The summed E-state index contributed by atoms with van der Waals surface area (Å²) in [6.07, 6.45) is 4.21. The fourth-order valence-corrected chi connectivity index (χ4v) is 3.17. The Morgan fingerprint density at radius 3 is 2.59 bits per heavy atom. The van der Waals surface area contributed by atoms with Crippen LogP contribution in [0.25, 0.3) is 0 Å². The lowest BCUT2D eigenvalue weighted by atomic mass is 9.74. The number of nitrogens with one attached hydrogen (secondary N) is 2. The molecule has 22 heavy (non-hydrogen) atoms. The lowest BCUT2D eigenvalue weighted by Gasteiger charge is -2.38. The van der Waals surface area contributed by atoms with Crippen LogP contribution in [0, 0.1) is 0 Å². The monoisotopic (exact) mass is 321 g/mol. The molecule has 5 heteroatoms. The van der Waals surface area contributed by atoms with Gasteiger partial charge in [0.25, 0.3) is 0 Å². The molecule has 1 aromatic carbocycles. The van der Waals surface area contributed by atoms with E-state index in [9.17, 15) is 0 Å². The third-order valence-corrected chi connectivity index (χ3v) is 4.86. The summed E-state index contributed by atoms with van der Waals surface area (Å²) >= 11 is 1.83. The summed E-state index contributed by atoms with van der Waals surface area (Å²) in [6, 6.07) is 10.8. The van der Waals surface area contributed by atoms with Gasteiger partial charge in [-0.3, -0.25) is 4.99 Å². The van der Waals surface area contributed by atoms with Gasteiger partial charge in [-0.1, -0.05) is 30.3 Å². The summed E-state index contributed by atoms with van der Waals surface area (Å²) in [6.45, 7) is 3.48. The van der Waals surface area contributed by atoms with Crippen molar-refractivity contribution in [2.24, 2.45) is 4.99 Å². The minimum absolute atomic E-state index is 0.136. The van der Waals surface area contributed by atoms with Crippen molar-refractivity contribution in [2.45, 2.75) is 18.3 Å². The van der Waals surface area contributed by atoms with Gasteiger partial charge in [-0.05, 0) is 24.7 Å². The van der Waals surface area contributed by atoms with Crippen LogP contribution in [-0.4, -0.2) is 51.3 Å². The first-order valence-corrected chi connectivity index (χ1v) is 9.27. The number of aliphatic imine (C=N–C) groups is 1. The van der Waals surface area contributed by atoms with Gasteiger partial charge in [0, 0.05) is 44.5 Å². The highest BCUT2D eigenvalue weighted by Crippen LogP contribution is 2.34. The van der Waals surface area contributed by atoms with E-state index in [0.29, 0.717) is 0 Å². The van der Waals surface area contributed by atoms with E-state index in [-0.39, 0.29) is 5.41 Å². The molecule has 0 bridgehead atoms. The minimum atomic E-state index is 0.136. The van der Waals surface area contributed by atoms with E-state index in [0.717, 1.165) is 50.9 Å². The maximum atomic E-state index is 5.58. The Labute approximate surface area is 138 Å². The Hall–Kier alpha value is -1.20. The first-order chi connectivity index (χ1) is 10.8. The van der Waals surface area contributed by atoms with Crippen LogP contribution in [0.2, 0.25) is 0 Å². The van der Waals surface area contributed by atoms with Crippen molar-refractivity contribution < 1.29 is 4.74 Å². The first kappa shape index (κ1) is 17.2. The average molecular weight is 321 g/mol. The van der Waals surface area contributed by atoms with Crippen LogP contribution >= 0.6 is 11.8 Å². The largest absolute Gasteiger partial charge is 0.381 e. The molecule has 0 atom stereocenters. The van der Waals surface area contributed by atoms with Gasteiger partial charge in [0.2, 0.25) is 0 Å². The molecule has 0 aromatic heterocycles. The highest BCUT2D eigenvalue weighted by atomic mass is 32.2. The zero-order chi connectivity index (χ0) is 15.7. The lowest BCUT2D eigenvalue weighted by Crippen LogP contribution is -2.48. The normalized spacial score (nSPS) is 18.0. The molecule has 1 aromatic rings. The molecule has 1 aliphatic rings. The highest BCUT2D eigenvalue weighted by molar-refractivity contribution is 7.98. The molecule has 0 amide bonds. The topological polar surface area (TPSA) is 45.7 Å². The maximum absolute atomic E-state index is 5.58. The van der Waals surface area contributed by atoms with E-state index in [4.69, 9.17) is 4.74 Å². The SMILES string of the molecule is CN=C(NCCSC)NCC1(c2ccccc2)CCOCC1. The summed E-state index contributed by atoms with van der Waals surface area (Å²) in [7, 11) is 1.83. The summed E-state index contributed by atoms with van der Waals surface area (Å²) in [4.78, 5) is 4.32. The second-order valence-corrected chi connectivity index (χ2v) is 6.59. The third kappa shape index (κ3) is 4.65. The first-order valence-electron chi connectivity index (χ1n) is 7.87. The van der Waals surface area contributed by atoms with Gasteiger partial charge in [0.15, 0.2) is 5.96 Å². The second kappa shape index (κ2) is 9.06. The van der Waals surface area contributed by atoms with E-state index < -0.39 is 0 Å². The summed E-state index contributed by atoms with van der Waals surface area (Å²) in [5.74, 6) is 1.97. The summed E-state index contributed by atoms with van der Waals surface area (Å²) < 4.78 is 5.58. The van der Waals surface area contributed by atoms with E-state index in [1.54, 1.807) is 0 Å². The molecule has 0 saturated carbocycles. The number of guanidine groups is 1. The molecule has 1 saturated heterocycles. The molecule has 1 fully saturated rings. The van der Waals surface area contributed by atoms with Crippen molar-refractivity contribution in [3.8, 4) is 0 Å². The van der Waals surface area contributed by atoms with Crippen LogP contribution in [-0.2, 0) is 10.2 Å². The molecular weight excluding hydrogens is 294 g/mol. The van der Waals surface area contributed by atoms with Crippen molar-refractivity contribution in [1.82, 2.24) is 10.6 Å². The molecule has 0 radical (unpaired) electrons. The van der Waals surface area contributed by atoms with E-state index in [1.165, 1.54) is 5.56 Å². The smallest absolute Gasteiger partial charge is 0.191 e. The van der Waals surface area contributed by atoms with Crippen molar-refractivity contribution in [1.29, 1.82) is 0 Å². The van der Waals surface area contributed by atoms with Gasteiger partial charge in [0.1, 0.15) is 0 Å². The number of rotatable bonds is 6. The van der Waals surface area contributed by atoms with Crippen molar-refractivity contribution >= 4 is 17.7 Å². The van der Waals surface area contributed by atoms with Gasteiger partial charge in [-0.2, -0.15) is 11.8 Å². The zero-order valence-electron chi connectivity index (χ0n) is 13.6. The number of hydrogen-bond acceptors (Lipinski definition) is 3. The number of nitrogens with zero attached hydrogens (tertiary/aromatic N) is 1. The Morgan fingerprint density at radius 2 is 1.95 bits per heavy atom. The van der Waals surface area contributed by atoms with E-state index in [1.807, 2.05) is 18.8 Å². The van der Waals surface area contributed by atoms with Crippen LogP contribution in [0.1, 0.15) is 18.4 Å². The predicted octanol–water partition coefficient (Wildman–Crippen LogP) is 2.26. The van der Waals surface area contributed by atoms with Gasteiger partial charge >= 0.3 is 0 Å². The second-order valence-electron chi connectivity index (χ2n) is 5.60. The Bertz CT molecular complexity index is 458. The standard InChI is InChI=1S/C17H27N3OS/c1-18-16(19-10-13-22-2)20-14-17(8-11-21-12-9-17)15-6-4-3-5-7-15/h3-7H,8-14H2,1-2H3,(H2,18,19,20). The van der Waals surface area contributed by atoms with E-state index in [2.05, 4.69) is 52.2 Å². The predicted molar refractivity (Wildman–Crippen MR) is 95.9 cm³/mol. The van der Waals surface area contributed by atoms with Gasteiger partial charge in [0.05, 0.1) is 0 Å². The van der Waals surface area contributed by atoms with E-state index >= 15 is 0 Å². The average Bonchev–Trinajstić information content (AvgIpc) is 2.59. The van der Waals surface area contributed by atoms with Gasteiger partial charge < -0.3 is 15.4 Å². The summed E-state index contributed by atoms with van der Waals surface area (Å²) in [5, 5.41) is 6.88. The Kier molecular flexibility index (Phi) is 7.06. The molecule has 1 heterocycles. The maximum Gasteiger partial charge on any atom is 0.191 e. The molecule has 4 nitrogen and oxygen atoms in total. The third-order valence-electron chi connectivity index (χ3n) is 4.25. The number of hydrogen-bond donors (Lipinski definition) is 2. The lowest BCUT2D eigenvalue weighted by molar-refractivity contribution is 0.0514. The number of ether oxygens (including phenoxy) is 1. The Morgan fingerprint density at radius 1 is 1.23 bits per heavy atom. The molecule has 2 N–H and O–H groups in total. The van der Waals surface area contributed by atoms with Crippen molar-refractivity contribution in [3.05, 3.63) is 35.9 Å². The molecule has 122 valence electrons. The number of benzene rings is 1. The van der Waals surface area contributed by atoms with Crippen LogP contribution in [0.5, 0.6) is 0 Å². The van der Waals surface area contributed by atoms with Crippen LogP contribution in [0.4, 0.5) is 0 Å². The molecular formula is C17H27N3OS. The molecule has 0 unspecified atom stereocenters. The highest BCUT2D eigenvalue weighted by Gasteiger charge is 2.34. The van der Waals surface area contributed by atoms with Gasteiger partial charge in [-0.15, -0.1) is 0 Å². The molecule has 0 aliphatic carbocycles. The quantitative estimate of drug-likeness (QED) is 0.479. The minimum Gasteiger partial charge on any atom is -0.381 e. The fraction of sp³-hybridized carbons (Fsp3) is 0.588. The van der Waals surface area contributed by atoms with Crippen LogP contribution < -0.4 is 10.6 Å². The number of thioether (sulfide) groups is 1. The zero-order valence-corrected chi connectivity index (χ0v) is 14.4. The van der Waals surface area contributed by atoms with Crippen molar-refractivity contribution in [3.63, 3.8) is 0 Å². The summed E-state index contributed by atoms with van der Waals surface area (Å²) in [5.41, 5.74) is 1.53. The van der Waals surface area contributed by atoms with Crippen molar-refractivity contribution in [2.75, 3.05) is 45.4 Å². The fourth-order valence-electron chi connectivity index (χ4n) is 2.87. The molecule has 0 spiro atoms.